The van der Waals surface area contributed by atoms with Crippen LogP contribution in [0.5, 0.6) is 0 Å². The van der Waals surface area contributed by atoms with Crippen LogP contribution in [0.25, 0.3) is 0 Å². The largest absolute Gasteiger partial charge is 0.455 e. The van der Waals surface area contributed by atoms with E-state index in [0.717, 1.165) is 31.4 Å². The molecule has 1 saturated heterocycles. The normalized spacial score (nSPS) is 18.0. The van der Waals surface area contributed by atoms with Gasteiger partial charge in [-0.3, -0.25) is 9.59 Å². The number of anilines is 2. The molecule has 148 valence electrons. The monoisotopic (exact) mass is 386 g/mol. The van der Waals surface area contributed by atoms with Crippen LogP contribution in [0, 0.1) is 5.92 Å². The highest BCUT2D eigenvalue weighted by atomic mass is 19.4. The highest BCUT2D eigenvalue weighted by molar-refractivity contribution is 5.96. The molecule has 1 saturated carbocycles. The van der Waals surface area contributed by atoms with Crippen LogP contribution >= 0.6 is 0 Å². The van der Waals surface area contributed by atoms with Crippen molar-refractivity contribution in [3.05, 3.63) is 23.8 Å². The molecule has 1 amide bonds. The van der Waals surface area contributed by atoms with Gasteiger partial charge < -0.3 is 19.7 Å². The number of carbonyl (C=O) groups is 2. The van der Waals surface area contributed by atoms with Gasteiger partial charge in [0.1, 0.15) is 0 Å². The molecule has 3 rings (SSSR count). The summed E-state index contributed by atoms with van der Waals surface area (Å²) in [6.07, 6.45) is -2.08. The molecular formula is C18H21F3N2O4. The maximum Gasteiger partial charge on any atom is 0.416 e. The Bertz CT molecular complexity index is 698. The Morgan fingerprint density at radius 3 is 2.52 bits per heavy atom. The van der Waals surface area contributed by atoms with Crippen LogP contribution in [0.4, 0.5) is 24.5 Å². The van der Waals surface area contributed by atoms with E-state index < -0.39 is 30.2 Å². The van der Waals surface area contributed by atoms with E-state index in [9.17, 15) is 22.8 Å². The van der Waals surface area contributed by atoms with Gasteiger partial charge in [0, 0.05) is 13.1 Å². The zero-order valence-electron chi connectivity index (χ0n) is 14.7. The van der Waals surface area contributed by atoms with Gasteiger partial charge >= 0.3 is 12.1 Å². The van der Waals surface area contributed by atoms with Crippen molar-refractivity contribution in [1.82, 2.24) is 0 Å². The molecule has 0 radical (unpaired) electrons. The Morgan fingerprint density at radius 1 is 1.22 bits per heavy atom. The van der Waals surface area contributed by atoms with E-state index >= 15 is 0 Å². The lowest BCUT2D eigenvalue weighted by Crippen LogP contribution is -2.37. The first-order valence-electron chi connectivity index (χ1n) is 8.85. The standard InChI is InChI=1S/C18H21F3N2O4/c19-18(20,21)13-4-5-15(23-6-8-26-9-7-23)14(10-13)22-16(24)11-27-17(25)12-2-1-3-12/h4-5,10,12H,1-3,6-9,11H2,(H,22,24). The molecule has 6 nitrogen and oxygen atoms in total. The number of amides is 1. The van der Waals surface area contributed by atoms with E-state index in [2.05, 4.69) is 5.32 Å². The van der Waals surface area contributed by atoms with Crippen LogP contribution in [0.2, 0.25) is 0 Å². The van der Waals surface area contributed by atoms with Crippen LogP contribution < -0.4 is 10.2 Å². The lowest BCUT2D eigenvalue weighted by atomic mass is 9.86. The summed E-state index contributed by atoms with van der Waals surface area (Å²) in [6, 6.07) is 3.22. The van der Waals surface area contributed by atoms with Crippen molar-refractivity contribution >= 4 is 23.3 Å². The molecule has 1 heterocycles. The average Bonchev–Trinajstić information content (AvgIpc) is 2.58. The van der Waals surface area contributed by atoms with Gasteiger partial charge in [0.15, 0.2) is 6.61 Å². The number of halogens is 3. The van der Waals surface area contributed by atoms with Crippen LogP contribution in [-0.4, -0.2) is 44.8 Å². The predicted octanol–water partition coefficient (Wildman–Crippen LogP) is 2.82. The molecule has 0 atom stereocenters. The molecule has 1 N–H and O–H groups in total. The van der Waals surface area contributed by atoms with Gasteiger partial charge in [-0.25, -0.2) is 0 Å². The van der Waals surface area contributed by atoms with Crippen LogP contribution in [0.1, 0.15) is 24.8 Å². The van der Waals surface area contributed by atoms with Gasteiger partial charge in [-0.15, -0.1) is 0 Å². The summed E-state index contributed by atoms with van der Waals surface area (Å²) < 4.78 is 49.4. The second-order valence-electron chi connectivity index (χ2n) is 6.61. The Balaban J connectivity index is 1.71. The van der Waals surface area contributed by atoms with Gasteiger partial charge in [-0.1, -0.05) is 6.42 Å². The minimum absolute atomic E-state index is 0.0384. The molecule has 1 aliphatic heterocycles. The molecule has 1 aromatic rings. The van der Waals surface area contributed by atoms with Crippen molar-refractivity contribution in [3.8, 4) is 0 Å². The fourth-order valence-electron chi connectivity index (χ4n) is 2.98. The Hall–Kier alpha value is -2.29. The molecule has 2 aliphatic rings. The van der Waals surface area contributed by atoms with Crippen LogP contribution in [-0.2, 0) is 25.2 Å². The molecule has 0 aromatic heterocycles. The zero-order chi connectivity index (χ0) is 19.4. The maximum absolute atomic E-state index is 13.1. The third-order valence-electron chi connectivity index (χ3n) is 4.73. The average molecular weight is 386 g/mol. The second-order valence-corrected chi connectivity index (χ2v) is 6.61. The summed E-state index contributed by atoms with van der Waals surface area (Å²) in [4.78, 5) is 25.7. The van der Waals surface area contributed by atoms with Gasteiger partial charge in [-0.05, 0) is 31.0 Å². The molecule has 2 fully saturated rings. The Labute approximate surface area is 154 Å². The minimum atomic E-state index is -4.53. The zero-order valence-corrected chi connectivity index (χ0v) is 14.7. The first-order chi connectivity index (χ1) is 12.8. The Kier molecular flexibility index (Phi) is 5.88. The van der Waals surface area contributed by atoms with E-state index in [1.54, 1.807) is 0 Å². The number of benzene rings is 1. The fourth-order valence-corrected chi connectivity index (χ4v) is 2.98. The van der Waals surface area contributed by atoms with Gasteiger partial charge in [0.2, 0.25) is 0 Å². The number of nitrogens with zero attached hydrogens (tertiary/aromatic N) is 1. The summed E-state index contributed by atoms with van der Waals surface area (Å²) in [7, 11) is 0. The molecule has 1 aromatic carbocycles. The van der Waals surface area contributed by atoms with Crippen molar-refractivity contribution in [2.45, 2.75) is 25.4 Å². The second kappa shape index (κ2) is 8.16. The van der Waals surface area contributed by atoms with Gasteiger partial charge in [0.25, 0.3) is 5.91 Å². The highest BCUT2D eigenvalue weighted by Gasteiger charge is 2.32. The summed E-state index contributed by atoms with van der Waals surface area (Å²) in [5.41, 5.74) is -0.345. The van der Waals surface area contributed by atoms with Gasteiger partial charge in [-0.2, -0.15) is 13.2 Å². The lowest BCUT2D eigenvalue weighted by Gasteiger charge is -2.31. The molecule has 0 bridgehead atoms. The SMILES string of the molecule is O=C(COC(=O)C1CCC1)Nc1cc(C(F)(F)F)ccc1N1CCOCC1. The van der Waals surface area contributed by atoms with E-state index in [0.29, 0.717) is 32.0 Å². The fraction of sp³-hybridized carbons (Fsp3) is 0.556. The van der Waals surface area contributed by atoms with E-state index in [1.807, 2.05) is 4.90 Å². The highest BCUT2D eigenvalue weighted by Crippen LogP contribution is 2.35. The molecule has 9 heteroatoms. The number of morpholine rings is 1. The number of esters is 1. The van der Waals surface area contributed by atoms with Crippen molar-refractivity contribution in [3.63, 3.8) is 0 Å². The van der Waals surface area contributed by atoms with Crippen molar-refractivity contribution in [1.29, 1.82) is 0 Å². The maximum atomic E-state index is 13.1. The van der Waals surface area contributed by atoms with Crippen molar-refractivity contribution in [2.24, 2.45) is 5.92 Å². The predicted molar refractivity (Wildman–Crippen MR) is 91.4 cm³/mol. The molecule has 0 spiro atoms. The lowest BCUT2D eigenvalue weighted by molar-refractivity contribution is -0.154. The van der Waals surface area contributed by atoms with E-state index in [-0.39, 0.29) is 11.6 Å². The first kappa shape index (κ1) is 19.5. The third kappa shape index (κ3) is 4.91. The topological polar surface area (TPSA) is 67.9 Å². The van der Waals surface area contributed by atoms with Gasteiger partial charge in [0.05, 0.1) is 36.1 Å². The number of nitrogens with one attached hydrogen (secondary N) is 1. The molecular weight excluding hydrogens is 365 g/mol. The number of rotatable bonds is 5. The summed E-state index contributed by atoms with van der Waals surface area (Å²) in [5, 5.41) is 2.45. The molecule has 0 unspecified atom stereocenters. The van der Waals surface area contributed by atoms with E-state index in [1.165, 1.54) is 6.07 Å². The van der Waals surface area contributed by atoms with E-state index in [4.69, 9.17) is 9.47 Å². The van der Waals surface area contributed by atoms with Crippen LogP contribution in [0.3, 0.4) is 0 Å². The number of hydrogen-bond donors (Lipinski definition) is 1. The molecule has 27 heavy (non-hydrogen) atoms. The van der Waals surface area contributed by atoms with Crippen molar-refractivity contribution in [2.75, 3.05) is 43.1 Å². The van der Waals surface area contributed by atoms with Crippen LogP contribution in [0.15, 0.2) is 18.2 Å². The number of alkyl halides is 3. The number of carbonyl (C=O) groups excluding carboxylic acids is 2. The minimum Gasteiger partial charge on any atom is -0.455 e. The van der Waals surface area contributed by atoms with Crippen molar-refractivity contribution < 1.29 is 32.2 Å². The first-order valence-corrected chi connectivity index (χ1v) is 8.85. The number of ether oxygens (including phenoxy) is 2. The molecule has 1 aliphatic carbocycles. The summed E-state index contributed by atoms with van der Waals surface area (Å²) >= 11 is 0. The third-order valence-corrected chi connectivity index (χ3v) is 4.73. The quantitative estimate of drug-likeness (QED) is 0.789. The summed E-state index contributed by atoms with van der Waals surface area (Å²) in [5.74, 6) is -1.28. The smallest absolute Gasteiger partial charge is 0.416 e. The Morgan fingerprint density at radius 2 is 1.93 bits per heavy atom. The number of hydrogen-bond acceptors (Lipinski definition) is 5. The summed E-state index contributed by atoms with van der Waals surface area (Å²) in [6.45, 7) is 1.39.